The van der Waals surface area contributed by atoms with Crippen LogP contribution in [-0.4, -0.2) is 40.1 Å². The molecule has 13 heteroatoms. The maximum atomic E-state index is 14.8. The summed E-state index contributed by atoms with van der Waals surface area (Å²) in [5.74, 6) is -1.46. The van der Waals surface area contributed by atoms with Gasteiger partial charge in [-0.25, -0.2) is 19.2 Å². The molecule has 0 bridgehead atoms. The molecule has 2 amide bonds. The van der Waals surface area contributed by atoms with E-state index in [0.717, 1.165) is 18.2 Å². The Bertz CT molecular complexity index is 1530. The largest absolute Gasteiger partial charge is 0.474 e. The Hall–Kier alpha value is -4.29. The number of aliphatic hydroxyl groups excluding tert-OH is 1. The number of amides is 2. The van der Waals surface area contributed by atoms with E-state index in [4.69, 9.17) is 21.4 Å². The lowest BCUT2D eigenvalue weighted by Crippen LogP contribution is -2.20. The fraction of sp³-hybridized carbons (Fsp3) is 0.120. The number of carbonyl (C=O) groups excluding carboxylic acids is 2. The van der Waals surface area contributed by atoms with Crippen molar-refractivity contribution < 1.29 is 37.0 Å². The summed E-state index contributed by atoms with van der Waals surface area (Å²) in [6.07, 6.45) is -3.35. The quantitative estimate of drug-likeness (QED) is 0.202. The summed E-state index contributed by atoms with van der Waals surface area (Å²) in [6, 6.07) is 9.61. The molecule has 0 atom stereocenters. The first-order valence-corrected chi connectivity index (χ1v) is 11.2. The Morgan fingerprint density at radius 3 is 2.37 bits per heavy atom. The van der Waals surface area contributed by atoms with Crippen molar-refractivity contribution in [3.63, 3.8) is 0 Å². The number of hydrogen-bond donors (Lipinski definition) is 3. The fourth-order valence-electron chi connectivity index (χ4n) is 3.40. The molecule has 0 aliphatic rings. The highest BCUT2D eigenvalue weighted by molar-refractivity contribution is 6.31. The molecule has 1 heterocycles. The third kappa shape index (κ3) is 6.15. The van der Waals surface area contributed by atoms with Gasteiger partial charge >= 0.3 is 12.2 Å². The molecule has 1 aromatic heterocycles. The number of alkyl halides is 3. The summed E-state index contributed by atoms with van der Waals surface area (Å²) >= 11 is 5.57. The smallest absolute Gasteiger partial charge is 0.417 e. The van der Waals surface area contributed by atoms with Gasteiger partial charge in [0.05, 0.1) is 40.0 Å². The predicted molar refractivity (Wildman–Crippen MR) is 131 cm³/mol. The van der Waals surface area contributed by atoms with E-state index in [1.54, 1.807) is 0 Å². The van der Waals surface area contributed by atoms with Gasteiger partial charge in [0.25, 0.3) is 0 Å². The van der Waals surface area contributed by atoms with Gasteiger partial charge in [0.15, 0.2) is 5.78 Å². The average molecular weight is 549 g/mol. The number of carbonyl (C=O) groups is 2. The second-order valence-electron chi connectivity index (χ2n) is 7.78. The minimum atomic E-state index is -4.72. The van der Waals surface area contributed by atoms with Crippen LogP contribution < -0.4 is 15.4 Å². The van der Waals surface area contributed by atoms with Crippen LogP contribution in [0.3, 0.4) is 0 Å². The number of rotatable bonds is 7. The second-order valence-corrected chi connectivity index (χ2v) is 8.19. The van der Waals surface area contributed by atoms with Gasteiger partial charge in [-0.15, -0.1) is 0 Å². The van der Waals surface area contributed by atoms with E-state index >= 15 is 0 Å². The summed E-state index contributed by atoms with van der Waals surface area (Å²) in [7, 11) is 0. The van der Waals surface area contributed by atoms with Crippen LogP contribution in [0, 0.1) is 5.82 Å². The van der Waals surface area contributed by atoms with Crippen molar-refractivity contribution >= 4 is 45.8 Å². The number of ketones is 1. The number of aromatic nitrogens is 2. The normalized spacial score (nSPS) is 11.3. The number of anilines is 2. The van der Waals surface area contributed by atoms with Gasteiger partial charge in [-0.3, -0.25) is 4.79 Å². The first kappa shape index (κ1) is 26.8. The lowest BCUT2D eigenvalue weighted by Gasteiger charge is -2.13. The second kappa shape index (κ2) is 11.0. The number of nitrogens with zero attached hydrogens (tertiary/aromatic N) is 2. The Labute approximate surface area is 217 Å². The number of benzene rings is 3. The maximum Gasteiger partial charge on any atom is 0.417 e. The molecule has 0 aliphatic heterocycles. The first-order valence-electron chi connectivity index (χ1n) is 10.8. The highest BCUT2D eigenvalue weighted by atomic mass is 35.5. The first-order chi connectivity index (χ1) is 18.0. The van der Waals surface area contributed by atoms with E-state index in [2.05, 4.69) is 20.6 Å². The molecule has 0 aliphatic carbocycles. The topological polar surface area (TPSA) is 113 Å². The van der Waals surface area contributed by atoms with Crippen molar-refractivity contribution in [1.29, 1.82) is 0 Å². The van der Waals surface area contributed by atoms with Crippen LogP contribution in [0.5, 0.6) is 5.88 Å². The molecule has 8 nitrogen and oxygen atoms in total. The lowest BCUT2D eigenvalue weighted by atomic mass is 10.0. The summed E-state index contributed by atoms with van der Waals surface area (Å²) in [5.41, 5.74) is -0.744. The van der Waals surface area contributed by atoms with Crippen LogP contribution in [0.25, 0.3) is 11.0 Å². The number of nitrogens with one attached hydrogen (secondary N) is 2. The van der Waals surface area contributed by atoms with Gasteiger partial charge < -0.3 is 20.5 Å². The molecule has 0 saturated carbocycles. The van der Waals surface area contributed by atoms with Crippen molar-refractivity contribution in [3.8, 4) is 5.88 Å². The van der Waals surface area contributed by atoms with E-state index in [9.17, 15) is 27.2 Å². The number of aliphatic hydroxyl groups is 1. The summed E-state index contributed by atoms with van der Waals surface area (Å²) in [6.45, 7) is -0.207. The van der Waals surface area contributed by atoms with Crippen molar-refractivity contribution in [2.24, 2.45) is 0 Å². The minimum absolute atomic E-state index is 0.0106. The molecule has 3 N–H and O–H groups in total. The van der Waals surface area contributed by atoms with Crippen LogP contribution in [0.15, 0.2) is 60.8 Å². The summed E-state index contributed by atoms with van der Waals surface area (Å²) in [5, 5.41) is 12.8. The SMILES string of the molecule is O=C(Nc1ccc(C(=O)c2ccc3ncc(OCCO)nc3c2)c(F)c1)Nc1ccc(Cl)c(C(F)(F)F)c1. The molecule has 0 unspecified atom stereocenters. The molecule has 4 aromatic rings. The fourth-order valence-corrected chi connectivity index (χ4v) is 3.63. The molecule has 196 valence electrons. The zero-order valence-electron chi connectivity index (χ0n) is 19.1. The number of urea groups is 1. The van der Waals surface area contributed by atoms with Gasteiger partial charge in [0, 0.05) is 16.9 Å². The minimum Gasteiger partial charge on any atom is -0.474 e. The highest BCUT2D eigenvalue weighted by Gasteiger charge is 2.33. The average Bonchev–Trinajstić information content (AvgIpc) is 2.87. The molecular formula is C25H17ClF4N4O4. The van der Waals surface area contributed by atoms with Gasteiger partial charge in [-0.1, -0.05) is 11.6 Å². The van der Waals surface area contributed by atoms with E-state index in [1.807, 2.05) is 0 Å². The Balaban J connectivity index is 1.48. The monoisotopic (exact) mass is 548 g/mol. The molecular weight excluding hydrogens is 532 g/mol. The van der Waals surface area contributed by atoms with Gasteiger partial charge in [0.2, 0.25) is 5.88 Å². The van der Waals surface area contributed by atoms with Crippen LogP contribution in [0.4, 0.5) is 33.7 Å². The van der Waals surface area contributed by atoms with E-state index in [-0.39, 0.29) is 41.6 Å². The highest BCUT2D eigenvalue weighted by Crippen LogP contribution is 2.36. The van der Waals surface area contributed by atoms with Crippen LogP contribution in [0.1, 0.15) is 21.5 Å². The zero-order valence-corrected chi connectivity index (χ0v) is 19.9. The van der Waals surface area contributed by atoms with Gasteiger partial charge in [0.1, 0.15) is 12.4 Å². The van der Waals surface area contributed by atoms with Crippen LogP contribution >= 0.6 is 11.6 Å². The van der Waals surface area contributed by atoms with Crippen molar-refractivity contribution in [3.05, 3.63) is 88.3 Å². The van der Waals surface area contributed by atoms with E-state index in [0.29, 0.717) is 17.1 Å². The van der Waals surface area contributed by atoms with Crippen LogP contribution in [0.2, 0.25) is 5.02 Å². The van der Waals surface area contributed by atoms with Crippen molar-refractivity contribution in [2.45, 2.75) is 6.18 Å². The van der Waals surface area contributed by atoms with E-state index in [1.165, 1.54) is 36.5 Å². The number of fused-ring (bicyclic) bond motifs is 1. The van der Waals surface area contributed by atoms with Gasteiger partial charge in [-0.05, 0) is 54.6 Å². The van der Waals surface area contributed by atoms with Crippen molar-refractivity contribution in [2.75, 3.05) is 23.8 Å². The zero-order chi connectivity index (χ0) is 27.4. The molecule has 0 radical (unpaired) electrons. The molecule has 0 spiro atoms. The lowest BCUT2D eigenvalue weighted by molar-refractivity contribution is -0.137. The molecule has 4 rings (SSSR count). The Kier molecular flexibility index (Phi) is 7.74. The summed E-state index contributed by atoms with van der Waals surface area (Å²) in [4.78, 5) is 33.5. The maximum absolute atomic E-state index is 14.8. The third-order valence-electron chi connectivity index (χ3n) is 5.12. The summed E-state index contributed by atoms with van der Waals surface area (Å²) < 4.78 is 59.1. The number of halogens is 5. The predicted octanol–water partition coefficient (Wildman–Crippen LogP) is 5.69. The molecule has 0 saturated heterocycles. The standard InChI is InChI=1S/C25H17ClF4N4O4/c26-18-5-3-14(10-17(18)25(28,29)30)32-24(37)33-15-2-4-16(19(27)11-15)23(36)13-1-6-20-21(9-13)34-22(12-31-20)38-8-7-35/h1-6,9-12,35H,7-8H2,(H2,32,33,37). The molecule has 38 heavy (non-hydrogen) atoms. The Morgan fingerprint density at radius 1 is 0.974 bits per heavy atom. The molecule has 0 fully saturated rings. The van der Waals surface area contributed by atoms with E-state index < -0.39 is 34.4 Å². The molecule has 3 aromatic carbocycles. The van der Waals surface area contributed by atoms with Gasteiger partial charge in [-0.2, -0.15) is 13.2 Å². The third-order valence-corrected chi connectivity index (χ3v) is 5.45. The van der Waals surface area contributed by atoms with Crippen LogP contribution in [-0.2, 0) is 6.18 Å². The Morgan fingerprint density at radius 2 is 1.68 bits per heavy atom. The number of hydrogen-bond acceptors (Lipinski definition) is 6. The van der Waals surface area contributed by atoms with Crippen molar-refractivity contribution in [1.82, 2.24) is 9.97 Å². The number of ether oxygens (including phenoxy) is 1.